The van der Waals surface area contributed by atoms with Crippen molar-refractivity contribution in [2.24, 2.45) is 11.8 Å². The van der Waals surface area contributed by atoms with Gasteiger partial charge in [0, 0.05) is 29.8 Å². The van der Waals surface area contributed by atoms with Crippen molar-refractivity contribution in [3.05, 3.63) is 65.2 Å². The second kappa shape index (κ2) is 13.8. The van der Waals surface area contributed by atoms with Gasteiger partial charge in [0.1, 0.15) is 5.75 Å². The third kappa shape index (κ3) is 8.32. The normalized spacial score (nSPS) is 22.8. The lowest BCUT2D eigenvalue weighted by atomic mass is 9.72. The van der Waals surface area contributed by atoms with Crippen molar-refractivity contribution < 1.29 is 19.8 Å². The molecule has 224 valence electrons. The van der Waals surface area contributed by atoms with Crippen molar-refractivity contribution in [2.45, 2.75) is 103 Å². The standard InChI is InChI=1S/C34H49N3O4/c1-5-12-26-27(17-11-18-30(26)38)32(40)35-28(19-23-13-7-6-8-14-23)31(39)22-37-21-25-16-10-9-15-24(25)20-29(37)33(41)36-34(2,3)4/h6-8,11,13-14,17-18,24-25,28-29,31,38-39H,5,9-10,12,15-16,19-22H2,1-4H3,(H,35,40)(H,36,41)/t24-,25+,28-,29-,31-/m0/s1. The summed E-state index contributed by atoms with van der Waals surface area (Å²) in [5.41, 5.74) is 1.72. The number of piperidine rings is 1. The number of carbonyl (C=O) groups is 2. The lowest BCUT2D eigenvalue weighted by Gasteiger charge is -2.47. The maximum atomic E-state index is 13.6. The van der Waals surface area contributed by atoms with Crippen molar-refractivity contribution in [2.75, 3.05) is 13.1 Å². The molecule has 1 saturated heterocycles. The Hall–Kier alpha value is -2.90. The minimum absolute atomic E-state index is 0.0151. The number of fused-ring (bicyclic) bond motifs is 1. The Morgan fingerprint density at radius 1 is 1.02 bits per heavy atom. The molecule has 0 spiro atoms. The number of phenols is 1. The summed E-state index contributed by atoms with van der Waals surface area (Å²) < 4.78 is 0. The van der Waals surface area contributed by atoms with Crippen molar-refractivity contribution in [1.82, 2.24) is 15.5 Å². The molecule has 2 aromatic rings. The predicted molar refractivity (Wildman–Crippen MR) is 163 cm³/mol. The molecule has 5 atom stereocenters. The highest BCUT2D eigenvalue weighted by Gasteiger charge is 2.41. The van der Waals surface area contributed by atoms with Gasteiger partial charge in [-0.25, -0.2) is 0 Å². The molecule has 1 aliphatic carbocycles. The molecule has 2 amide bonds. The first-order valence-corrected chi connectivity index (χ1v) is 15.5. The van der Waals surface area contributed by atoms with Gasteiger partial charge in [0.2, 0.25) is 5.91 Å². The van der Waals surface area contributed by atoms with Crippen LogP contribution in [0.25, 0.3) is 0 Å². The van der Waals surface area contributed by atoms with E-state index < -0.39 is 12.1 Å². The Balaban J connectivity index is 1.57. The van der Waals surface area contributed by atoms with Gasteiger partial charge in [0.05, 0.1) is 18.2 Å². The SMILES string of the molecule is CCCc1c(O)cccc1C(=O)N[C@@H](Cc1ccccc1)[C@@H](O)CN1C[C@H]2CCCC[C@H]2C[C@H]1C(=O)NC(C)(C)C. The fraction of sp³-hybridized carbons (Fsp3) is 0.588. The third-order valence-electron chi connectivity index (χ3n) is 8.70. The van der Waals surface area contributed by atoms with Crippen molar-refractivity contribution in [1.29, 1.82) is 0 Å². The zero-order valence-corrected chi connectivity index (χ0v) is 25.2. The van der Waals surface area contributed by atoms with Crippen LogP contribution >= 0.6 is 0 Å². The van der Waals surface area contributed by atoms with E-state index in [0.29, 0.717) is 42.3 Å². The van der Waals surface area contributed by atoms with E-state index in [1.165, 1.54) is 12.8 Å². The highest BCUT2D eigenvalue weighted by molar-refractivity contribution is 5.96. The number of aromatic hydroxyl groups is 1. The van der Waals surface area contributed by atoms with Gasteiger partial charge in [0.15, 0.2) is 0 Å². The van der Waals surface area contributed by atoms with Crippen LogP contribution in [-0.4, -0.2) is 63.7 Å². The summed E-state index contributed by atoms with van der Waals surface area (Å²) in [7, 11) is 0. The van der Waals surface area contributed by atoms with Crippen molar-refractivity contribution in [3.63, 3.8) is 0 Å². The number of nitrogens with zero attached hydrogens (tertiary/aromatic N) is 1. The number of rotatable bonds is 10. The first-order chi connectivity index (χ1) is 19.6. The van der Waals surface area contributed by atoms with Gasteiger partial charge in [-0.15, -0.1) is 0 Å². The first kappa shape index (κ1) is 31.0. The smallest absolute Gasteiger partial charge is 0.252 e. The highest BCUT2D eigenvalue weighted by atomic mass is 16.3. The maximum absolute atomic E-state index is 13.6. The minimum atomic E-state index is -0.892. The van der Waals surface area contributed by atoms with Crippen LogP contribution < -0.4 is 10.6 Å². The van der Waals surface area contributed by atoms with Crippen molar-refractivity contribution >= 4 is 11.8 Å². The van der Waals surface area contributed by atoms with Crippen LogP contribution in [0.2, 0.25) is 0 Å². The van der Waals surface area contributed by atoms with E-state index in [1.54, 1.807) is 18.2 Å². The Morgan fingerprint density at radius 2 is 1.73 bits per heavy atom. The lowest BCUT2D eigenvalue weighted by Crippen LogP contribution is -2.60. The molecule has 1 saturated carbocycles. The molecule has 4 N–H and O–H groups in total. The van der Waals surface area contributed by atoms with E-state index in [2.05, 4.69) is 15.5 Å². The minimum Gasteiger partial charge on any atom is -0.508 e. The summed E-state index contributed by atoms with van der Waals surface area (Å²) in [5.74, 6) is 0.887. The van der Waals surface area contributed by atoms with Crippen LogP contribution in [0, 0.1) is 11.8 Å². The number of aliphatic hydroxyl groups excluding tert-OH is 1. The summed E-state index contributed by atoms with van der Waals surface area (Å²) in [5, 5.41) is 28.5. The maximum Gasteiger partial charge on any atom is 0.252 e. The van der Waals surface area contributed by atoms with Gasteiger partial charge in [0.25, 0.3) is 5.91 Å². The molecular formula is C34H49N3O4. The Bertz CT molecular complexity index is 1160. The van der Waals surface area contributed by atoms with Crippen LogP contribution in [0.5, 0.6) is 5.75 Å². The second-order valence-corrected chi connectivity index (χ2v) is 13.1. The highest BCUT2D eigenvalue weighted by Crippen LogP contribution is 2.39. The quantitative estimate of drug-likeness (QED) is 0.331. The summed E-state index contributed by atoms with van der Waals surface area (Å²) >= 11 is 0. The lowest BCUT2D eigenvalue weighted by molar-refractivity contribution is -0.132. The third-order valence-corrected chi connectivity index (χ3v) is 8.70. The van der Waals surface area contributed by atoms with Gasteiger partial charge in [-0.2, -0.15) is 0 Å². The van der Waals surface area contributed by atoms with E-state index in [1.807, 2.05) is 58.0 Å². The van der Waals surface area contributed by atoms with Crippen LogP contribution in [0.4, 0.5) is 0 Å². The van der Waals surface area contributed by atoms with E-state index in [-0.39, 0.29) is 29.1 Å². The van der Waals surface area contributed by atoms with E-state index in [0.717, 1.165) is 37.8 Å². The molecular weight excluding hydrogens is 514 g/mol. The van der Waals surface area contributed by atoms with Gasteiger partial charge in [-0.05, 0) is 76.0 Å². The molecule has 41 heavy (non-hydrogen) atoms. The number of hydrogen-bond acceptors (Lipinski definition) is 5. The van der Waals surface area contributed by atoms with Gasteiger partial charge >= 0.3 is 0 Å². The molecule has 1 aliphatic heterocycles. The summed E-state index contributed by atoms with van der Waals surface area (Å²) in [6.07, 6.45) is 6.50. The Labute approximate surface area is 245 Å². The first-order valence-electron chi connectivity index (χ1n) is 15.5. The molecule has 0 bridgehead atoms. The number of benzene rings is 2. The molecule has 1 heterocycles. The van der Waals surface area contributed by atoms with Gasteiger partial charge in [-0.1, -0.05) is 69.0 Å². The zero-order chi connectivity index (χ0) is 29.6. The fourth-order valence-electron chi connectivity index (χ4n) is 6.69. The Morgan fingerprint density at radius 3 is 2.41 bits per heavy atom. The molecule has 0 aromatic heterocycles. The Kier molecular flexibility index (Phi) is 10.5. The number of phenolic OH excluding ortho intramolecular Hbond substituents is 1. The summed E-state index contributed by atoms with van der Waals surface area (Å²) in [4.78, 5) is 29.3. The summed E-state index contributed by atoms with van der Waals surface area (Å²) in [6.45, 7) is 9.08. The number of aliphatic hydroxyl groups is 1. The molecule has 7 nitrogen and oxygen atoms in total. The predicted octanol–water partition coefficient (Wildman–Crippen LogP) is 4.84. The van der Waals surface area contributed by atoms with Crippen molar-refractivity contribution in [3.8, 4) is 5.75 Å². The number of amides is 2. The van der Waals surface area contributed by atoms with Crippen LogP contribution in [0.15, 0.2) is 48.5 Å². The number of likely N-dealkylation sites (tertiary alicyclic amines) is 1. The second-order valence-electron chi connectivity index (χ2n) is 13.1. The molecule has 2 aliphatic rings. The molecule has 0 radical (unpaired) electrons. The topological polar surface area (TPSA) is 102 Å². The zero-order valence-electron chi connectivity index (χ0n) is 25.2. The van der Waals surface area contributed by atoms with Crippen LogP contribution in [0.1, 0.15) is 87.7 Å². The van der Waals surface area contributed by atoms with Gasteiger partial charge in [-0.3, -0.25) is 14.5 Å². The molecule has 0 unspecified atom stereocenters. The molecule has 2 fully saturated rings. The average Bonchev–Trinajstić information content (AvgIpc) is 2.93. The monoisotopic (exact) mass is 563 g/mol. The van der Waals surface area contributed by atoms with Crippen LogP contribution in [-0.2, 0) is 17.6 Å². The molecule has 2 aromatic carbocycles. The van der Waals surface area contributed by atoms with Crippen LogP contribution in [0.3, 0.4) is 0 Å². The average molecular weight is 564 g/mol. The fourth-order valence-corrected chi connectivity index (χ4v) is 6.69. The molecule has 4 rings (SSSR count). The number of carbonyl (C=O) groups excluding carboxylic acids is 2. The molecule has 7 heteroatoms. The number of β-amino-alcohol motifs (C(OH)–C–C–N with tert-alkyl or cyclic N) is 1. The largest absolute Gasteiger partial charge is 0.508 e. The van der Waals surface area contributed by atoms with Gasteiger partial charge < -0.3 is 20.8 Å². The number of hydrogen-bond donors (Lipinski definition) is 4. The van der Waals surface area contributed by atoms with E-state index >= 15 is 0 Å². The van der Waals surface area contributed by atoms with E-state index in [9.17, 15) is 19.8 Å². The number of nitrogens with one attached hydrogen (secondary N) is 2. The van der Waals surface area contributed by atoms with E-state index in [4.69, 9.17) is 0 Å². The summed E-state index contributed by atoms with van der Waals surface area (Å²) in [6, 6.07) is 14.0.